The van der Waals surface area contributed by atoms with Crippen molar-refractivity contribution < 1.29 is 19.0 Å². The fourth-order valence-electron chi connectivity index (χ4n) is 4.36. The molecule has 216 valence electrons. The van der Waals surface area contributed by atoms with E-state index in [-0.39, 0.29) is 13.2 Å². The number of benzene rings is 3. The van der Waals surface area contributed by atoms with E-state index in [0.717, 1.165) is 46.2 Å². The molecule has 3 rings (SSSR count). The predicted octanol–water partition coefficient (Wildman–Crippen LogP) is 6.65. The standard InChI is InChI=1S/C37H39NO4/c1-7-29-12-18-32(19-13-29)11-10-24-37(38-35(39)42-36(4,5)6,27-40-25-33-20-14-30(8-2)15-21-33)28-41-26-34-22-16-31(9-3)17-23-34/h1-3,12-23H,10-11,24-28H2,4-6H3,(H,38,39). The average Bonchev–Trinajstić information content (AvgIpc) is 2.97. The highest BCUT2D eigenvalue weighted by molar-refractivity contribution is 5.68. The van der Waals surface area contributed by atoms with Crippen LogP contribution in [0.2, 0.25) is 0 Å². The molecule has 3 aromatic rings. The van der Waals surface area contributed by atoms with Gasteiger partial charge in [0, 0.05) is 16.7 Å². The van der Waals surface area contributed by atoms with Crippen LogP contribution in [0.25, 0.3) is 0 Å². The Labute approximate surface area is 251 Å². The first-order valence-corrected chi connectivity index (χ1v) is 14.0. The van der Waals surface area contributed by atoms with Gasteiger partial charge in [0.1, 0.15) is 5.60 Å². The number of aryl methyl sites for hydroxylation is 1. The number of carbonyl (C=O) groups excluding carboxylic acids is 1. The minimum absolute atomic E-state index is 0.217. The van der Waals surface area contributed by atoms with Crippen LogP contribution >= 0.6 is 0 Å². The van der Waals surface area contributed by atoms with E-state index in [9.17, 15) is 4.79 Å². The molecule has 0 saturated carbocycles. The molecule has 0 atom stereocenters. The van der Waals surface area contributed by atoms with Crippen molar-refractivity contribution in [2.45, 2.75) is 64.4 Å². The Hall–Kier alpha value is -4.47. The summed E-state index contributed by atoms with van der Waals surface area (Å²) in [6, 6.07) is 23.2. The summed E-state index contributed by atoms with van der Waals surface area (Å²) in [7, 11) is 0. The van der Waals surface area contributed by atoms with Crippen molar-refractivity contribution in [2.24, 2.45) is 0 Å². The van der Waals surface area contributed by atoms with Gasteiger partial charge in [-0.05, 0) is 93.1 Å². The van der Waals surface area contributed by atoms with Gasteiger partial charge >= 0.3 is 6.09 Å². The molecule has 0 fully saturated rings. The number of carbonyl (C=O) groups is 1. The maximum absolute atomic E-state index is 13.1. The lowest BCUT2D eigenvalue weighted by Crippen LogP contribution is -2.56. The van der Waals surface area contributed by atoms with Crippen LogP contribution in [-0.2, 0) is 33.8 Å². The molecule has 5 heteroatoms. The van der Waals surface area contributed by atoms with Crippen molar-refractivity contribution in [1.29, 1.82) is 0 Å². The second-order valence-corrected chi connectivity index (χ2v) is 11.3. The van der Waals surface area contributed by atoms with Crippen molar-refractivity contribution in [2.75, 3.05) is 13.2 Å². The van der Waals surface area contributed by atoms with E-state index < -0.39 is 17.2 Å². The highest BCUT2D eigenvalue weighted by atomic mass is 16.6. The average molecular weight is 562 g/mol. The highest BCUT2D eigenvalue weighted by Crippen LogP contribution is 2.21. The lowest BCUT2D eigenvalue weighted by atomic mass is 9.92. The van der Waals surface area contributed by atoms with Gasteiger partial charge in [0.05, 0.1) is 32.0 Å². The minimum atomic E-state index is -0.849. The number of alkyl carbamates (subject to hydrolysis) is 1. The third-order valence-electron chi connectivity index (χ3n) is 6.54. The number of terminal acetylenes is 3. The lowest BCUT2D eigenvalue weighted by molar-refractivity contribution is -0.0186. The van der Waals surface area contributed by atoms with Crippen LogP contribution in [0.3, 0.4) is 0 Å². The maximum Gasteiger partial charge on any atom is 0.408 e. The monoisotopic (exact) mass is 561 g/mol. The summed E-state index contributed by atoms with van der Waals surface area (Å²) in [5, 5.41) is 3.11. The molecule has 0 heterocycles. The van der Waals surface area contributed by atoms with Crippen molar-refractivity contribution >= 4 is 6.09 Å². The first-order valence-electron chi connectivity index (χ1n) is 14.0. The van der Waals surface area contributed by atoms with Gasteiger partial charge in [0.15, 0.2) is 0 Å². The number of amides is 1. The van der Waals surface area contributed by atoms with Crippen LogP contribution in [-0.4, -0.2) is 30.4 Å². The highest BCUT2D eigenvalue weighted by Gasteiger charge is 2.34. The molecular formula is C37H39NO4. The van der Waals surface area contributed by atoms with E-state index in [1.54, 1.807) is 0 Å². The normalized spacial score (nSPS) is 11.1. The van der Waals surface area contributed by atoms with E-state index in [0.29, 0.717) is 19.6 Å². The molecule has 0 aliphatic carbocycles. The first kappa shape index (κ1) is 32.0. The Morgan fingerprint density at radius 1 is 0.690 bits per heavy atom. The van der Waals surface area contributed by atoms with Crippen LogP contribution in [0, 0.1) is 37.0 Å². The van der Waals surface area contributed by atoms with E-state index >= 15 is 0 Å². The van der Waals surface area contributed by atoms with E-state index in [1.807, 2.05) is 93.6 Å². The Morgan fingerprint density at radius 3 is 1.48 bits per heavy atom. The summed E-state index contributed by atoms with van der Waals surface area (Å²) in [6.45, 7) is 6.64. The molecule has 0 bridgehead atoms. The van der Waals surface area contributed by atoms with Gasteiger partial charge in [0.2, 0.25) is 0 Å². The summed E-state index contributed by atoms with van der Waals surface area (Å²) in [5.74, 6) is 7.89. The van der Waals surface area contributed by atoms with Crippen molar-refractivity contribution in [3.8, 4) is 37.0 Å². The van der Waals surface area contributed by atoms with E-state index in [4.69, 9.17) is 33.5 Å². The number of ether oxygens (including phenoxy) is 3. The quantitative estimate of drug-likeness (QED) is 0.238. The minimum Gasteiger partial charge on any atom is -0.444 e. The van der Waals surface area contributed by atoms with E-state index in [1.165, 1.54) is 0 Å². The Kier molecular flexibility index (Phi) is 11.8. The van der Waals surface area contributed by atoms with Crippen LogP contribution in [0.1, 0.15) is 67.0 Å². The molecule has 0 spiro atoms. The summed E-state index contributed by atoms with van der Waals surface area (Å²) in [6.07, 6.45) is 18.1. The molecule has 1 N–H and O–H groups in total. The van der Waals surface area contributed by atoms with Crippen LogP contribution in [0.15, 0.2) is 72.8 Å². The first-order chi connectivity index (χ1) is 20.1. The lowest BCUT2D eigenvalue weighted by Gasteiger charge is -2.35. The molecule has 5 nitrogen and oxygen atoms in total. The molecule has 0 aliphatic rings. The second-order valence-electron chi connectivity index (χ2n) is 11.3. The van der Waals surface area contributed by atoms with Gasteiger partial charge in [-0.1, -0.05) is 54.2 Å². The Bertz CT molecular complexity index is 1260. The summed E-state index contributed by atoms with van der Waals surface area (Å²) in [4.78, 5) is 13.1. The van der Waals surface area contributed by atoms with Gasteiger partial charge < -0.3 is 19.5 Å². The van der Waals surface area contributed by atoms with Crippen molar-refractivity contribution in [1.82, 2.24) is 5.32 Å². The fraction of sp³-hybridized carbons (Fsp3) is 0.324. The number of hydrogen-bond acceptors (Lipinski definition) is 4. The maximum atomic E-state index is 13.1. The van der Waals surface area contributed by atoms with Crippen LogP contribution in [0.5, 0.6) is 0 Å². The zero-order valence-electron chi connectivity index (χ0n) is 24.7. The van der Waals surface area contributed by atoms with Gasteiger partial charge in [-0.3, -0.25) is 0 Å². The Morgan fingerprint density at radius 2 is 1.10 bits per heavy atom. The van der Waals surface area contributed by atoms with Gasteiger partial charge in [-0.15, -0.1) is 19.3 Å². The molecule has 3 aromatic carbocycles. The molecule has 0 aromatic heterocycles. The topological polar surface area (TPSA) is 56.8 Å². The van der Waals surface area contributed by atoms with Crippen LogP contribution < -0.4 is 5.32 Å². The summed E-state index contributed by atoms with van der Waals surface area (Å²) >= 11 is 0. The number of hydrogen-bond donors (Lipinski definition) is 1. The third-order valence-corrected chi connectivity index (χ3v) is 6.54. The smallest absolute Gasteiger partial charge is 0.408 e. The molecular weight excluding hydrogens is 522 g/mol. The molecule has 1 amide bonds. The van der Waals surface area contributed by atoms with Crippen molar-refractivity contribution in [3.63, 3.8) is 0 Å². The van der Waals surface area contributed by atoms with Crippen molar-refractivity contribution in [3.05, 3.63) is 106 Å². The molecule has 0 radical (unpaired) electrons. The predicted molar refractivity (Wildman–Crippen MR) is 167 cm³/mol. The largest absolute Gasteiger partial charge is 0.444 e. The molecule has 0 saturated heterocycles. The summed E-state index contributed by atoms with van der Waals surface area (Å²) in [5.41, 5.74) is 4.05. The van der Waals surface area contributed by atoms with Crippen LogP contribution in [0.4, 0.5) is 4.79 Å². The molecule has 0 unspecified atom stereocenters. The Balaban J connectivity index is 1.78. The zero-order valence-corrected chi connectivity index (χ0v) is 24.7. The van der Waals surface area contributed by atoms with Gasteiger partial charge in [-0.25, -0.2) is 4.79 Å². The summed E-state index contributed by atoms with van der Waals surface area (Å²) < 4.78 is 18.1. The van der Waals surface area contributed by atoms with E-state index in [2.05, 4.69) is 23.1 Å². The third kappa shape index (κ3) is 10.8. The molecule has 0 aliphatic heterocycles. The van der Waals surface area contributed by atoms with Gasteiger partial charge in [0.25, 0.3) is 0 Å². The zero-order chi connectivity index (χ0) is 30.4. The number of rotatable bonds is 13. The fourth-order valence-corrected chi connectivity index (χ4v) is 4.36. The molecule has 42 heavy (non-hydrogen) atoms. The second kappa shape index (κ2) is 15.5. The number of nitrogens with one attached hydrogen (secondary N) is 1. The van der Waals surface area contributed by atoms with Gasteiger partial charge in [-0.2, -0.15) is 0 Å². The SMILES string of the molecule is C#Cc1ccc(CCCC(COCc2ccc(C#C)cc2)(COCc2ccc(C#C)cc2)NC(=O)OC(C)(C)C)cc1.